The van der Waals surface area contributed by atoms with Gasteiger partial charge in [-0.25, -0.2) is 4.98 Å². The first kappa shape index (κ1) is 15.0. The molecule has 3 heterocycles. The summed E-state index contributed by atoms with van der Waals surface area (Å²) in [6.45, 7) is 2.48. The van der Waals surface area contributed by atoms with Gasteiger partial charge in [-0.1, -0.05) is 18.2 Å². The topological polar surface area (TPSA) is 52.8 Å². The van der Waals surface area contributed by atoms with Crippen LogP contribution in [0.4, 0.5) is 11.4 Å². The van der Waals surface area contributed by atoms with Gasteiger partial charge in [0, 0.05) is 25.5 Å². The van der Waals surface area contributed by atoms with Crippen molar-refractivity contribution in [3.8, 4) is 0 Å². The number of nitrogens with zero attached hydrogens (tertiary/aromatic N) is 3. The van der Waals surface area contributed by atoms with Gasteiger partial charge in [-0.2, -0.15) is 0 Å². The molecule has 1 aromatic carbocycles. The maximum atomic E-state index is 9.71. The quantitative estimate of drug-likeness (QED) is 0.775. The summed E-state index contributed by atoms with van der Waals surface area (Å²) in [5.74, 6) is 0. The standard InChI is InChI=1S/C19H22N4O/c24-16-8-11-22(12-9-16)18-6-2-1-5-17(18)20-13-15-14-23-10-4-3-7-19(23)21-15/h1-7,10,14,16,20,24H,8-9,11-13H2. The first-order valence-corrected chi connectivity index (χ1v) is 8.48. The number of aromatic nitrogens is 2. The maximum Gasteiger partial charge on any atom is 0.137 e. The molecule has 0 bridgehead atoms. The van der Waals surface area contributed by atoms with Crippen molar-refractivity contribution in [3.63, 3.8) is 0 Å². The van der Waals surface area contributed by atoms with E-state index in [1.807, 2.05) is 34.9 Å². The molecule has 4 rings (SSSR count). The number of hydrogen-bond donors (Lipinski definition) is 2. The number of piperidine rings is 1. The number of para-hydroxylation sites is 2. The first-order chi connectivity index (χ1) is 11.8. The molecular weight excluding hydrogens is 300 g/mol. The molecule has 1 saturated heterocycles. The Kier molecular flexibility index (Phi) is 4.09. The monoisotopic (exact) mass is 322 g/mol. The lowest BCUT2D eigenvalue weighted by Gasteiger charge is -2.32. The van der Waals surface area contributed by atoms with E-state index in [1.54, 1.807) is 0 Å². The molecule has 0 radical (unpaired) electrons. The summed E-state index contributed by atoms with van der Waals surface area (Å²) in [5.41, 5.74) is 4.30. The molecule has 5 heteroatoms. The van der Waals surface area contributed by atoms with E-state index in [9.17, 15) is 5.11 Å². The third kappa shape index (κ3) is 3.08. The van der Waals surface area contributed by atoms with Crippen LogP contribution in [0.5, 0.6) is 0 Å². The van der Waals surface area contributed by atoms with Crippen molar-refractivity contribution >= 4 is 17.0 Å². The van der Waals surface area contributed by atoms with Gasteiger partial charge < -0.3 is 19.7 Å². The molecule has 0 unspecified atom stereocenters. The van der Waals surface area contributed by atoms with Gasteiger partial charge in [0.25, 0.3) is 0 Å². The highest BCUT2D eigenvalue weighted by atomic mass is 16.3. The smallest absolute Gasteiger partial charge is 0.137 e. The van der Waals surface area contributed by atoms with Crippen LogP contribution in [0.25, 0.3) is 5.65 Å². The summed E-state index contributed by atoms with van der Waals surface area (Å²) in [6, 6.07) is 14.4. The number of hydrogen-bond acceptors (Lipinski definition) is 4. The van der Waals surface area contributed by atoms with Crippen LogP contribution in [0.1, 0.15) is 18.5 Å². The number of nitrogens with one attached hydrogen (secondary N) is 1. The molecule has 5 nitrogen and oxygen atoms in total. The van der Waals surface area contributed by atoms with Gasteiger partial charge in [0.05, 0.1) is 29.7 Å². The number of rotatable bonds is 4. The minimum Gasteiger partial charge on any atom is -0.393 e. The fraction of sp³-hybridized carbons (Fsp3) is 0.316. The van der Waals surface area contributed by atoms with Crippen LogP contribution in [0.2, 0.25) is 0 Å². The zero-order valence-corrected chi connectivity index (χ0v) is 13.6. The molecule has 0 spiro atoms. The van der Waals surface area contributed by atoms with Crippen LogP contribution >= 0.6 is 0 Å². The highest BCUT2D eigenvalue weighted by Crippen LogP contribution is 2.28. The van der Waals surface area contributed by atoms with E-state index in [1.165, 1.54) is 5.69 Å². The van der Waals surface area contributed by atoms with Gasteiger partial charge in [-0.05, 0) is 37.1 Å². The SMILES string of the molecule is OC1CCN(c2ccccc2NCc2cn3ccccc3n2)CC1. The molecular formula is C19H22N4O. The van der Waals surface area contributed by atoms with Crippen molar-refractivity contribution in [1.82, 2.24) is 9.38 Å². The van der Waals surface area contributed by atoms with Crippen molar-refractivity contribution in [1.29, 1.82) is 0 Å². The van der Waals surface area contributed by atoms with Gasteiger partial charge in [0.1, 0.15) is 5.65 Å². The van der Waals surface area contributed by atoms with Gasteiger partial charge in [0.15, 0.2) is 0 Å². The van der Waals surface area contributed by atoms with E-state index in [2.05, 4.69) is 39.6 Å². The fourth-order valence-corrected chi connectivity index (χ4v) is 3.26. The Morgan fingerprint density at radius 3 is 2.71 bits per heavy atom. The van der Waals surface area contributed by atoms with Crippen molar-refractivity contribution in [2.45, 2.75) is 25.5 Å². The third-order valence-electron chi connectivity index (χ3n) is 4.58. The second-order valence-corrected chi connectivity index (χ2v) is 6.29. The molecule has 24 heavy (non-hydrogen) atoms. The van der Waals surface area contributed by atoms with Crippen molar-refractivity contribution < 1.29 is 5.11 Å². The van der Waals surface area contributed by atoms with Gasteiger partial charge in [-0.3, -0.25) is 0 Å². The Morgan fingerprint density at radius 1 is 1.08 bits per heavy atom. The van der Waals surface area contributed by atoms with E-state index in [0.29, 0.717) is 6.54 Å². The molecule has 2 N–H and O–H groups in total. The minimum atomic E-state index is -0.153. The highest BCUT2D eigenvalue weighted by Gasteiger charge is 2.19. The summed E-state index contributed by atoms with van der Waals surface area (Å²) in [6.07, 6.45) is 5.59. The van der Waals surface area contributed by atoms with E-state index in [0.717, 1.165) is 43.0 Å². The average Bonchev–Trinajstić information content (AvgIpc) is 3.04. The Bertz CT molecular complexity index is 788. The van der Waals surface area contributed by atoms with Crippen molar-refractivity contribution in [2.24, 2.45) is 0 Å². The number of imidazole rings is 1. The predicted molar refractivity (Wildman–Crippen MR) is 96.4 cm³/mol. The zero-order chi connectivity index (χ0) is 16.4. The first-order valence-electron chi connectivity index (χ1n) is 8.48. The summed E-state index contributed by atoms with van der Waals surface area (Å²) >= 11 is 0. The van der Waals surface area contributed by atoms with Gasteiger partial charge in [0.2, 0.25) is 0 Å². The van der Waals surface area contributed by atoms with E-state index in [-0.39, 0.29) is 6.10 Å². The van der Waals surface area contributed by atoms with Crippen LogP contribution in [0.15, 0.2) is 54.9 Å². The summed E-state index contributed by atoms with van der Waals surface area (Å²) < 4.78 is 2.04. The Hall–Kier alpha value is -2.53. The van der Waals surface area contributed by atoms with Crippen molar-refractivity contribution in [3.05, 3.63) is 60.6 Å². The number of anilines is 2. The second-order valence-electron chi connectivity index (χ2n) is 6.29. The molecule has 124 valence electrons. The van der Waals surface area contributed by atoms with Gasteiger partial charge in [-0.15, -0.1) is 0 Å². The molecule has 0 saturated carbocycles. The van der Waals surface area contributed by atoms with Crippen LogP contribution in [-0.4, -0.2) is 33.7 Å². The Balaban J connectivity index is 1.50. The van der Waals surface area contributed by atoms with E-state index in [4.69, 9.17) is 0 Å². The molecule has 0 atom stereocenters. The lowest BCUT2D eigenvalue weighted by atomic mass is 10.1. The lowest BCUT2D eigenvalue weighted by Crippen LogP contribution is -2.36. The van der Waals surface area contributed by atoms with Crippen LogP contribution in [-0.2, 0) is 6.54 Å². The largest absolute Gasteiger partial charge is 0.393 e. The van der Waals surface area contributed by atoms with E-state index >= 15 is 0 Å². The predicted octanol–water partition coefficient (Wildman–Crippen LogP) is 2.91. The molecule has 1 fully saturated rings. The molecule has 2 aromatic heterocycles. The number of benzene rings is 1. The molecule has 1 aliphatic rings. The van der Waals surface area contributed by atoms with Crippen LogP contribution in [0, 0.1) is 0 Å². The van der Waals surface area contributed by atoms with Gasteiger partial charge >= 0.3 is 0 Å². The molecule has 1 aliphatic heterocycles. The number of aliphatic hydroxyl groups is 1. The lowest BCUT2D eigenvalue weighted by molar-refractivity contribution is 0.145. The zero-order valence-electron chi connectivity index (χ0n) is 13.6. The number of fused-ring (bicyclic) bond motifs is 1. The molecule has 3 aromatic rings. The van der Waals surface area contributed by atoms with Crippen LogP contribution in [0.3, 0.4) is 0 Å². The Morgan fingerprint density at radius 2 is 1.88 bits per heavy atom. The van der Waals surface area contributed by atoms with Crippen LogP contribution < -0.4 is 10.2 Å². The molecule has 0 amide bonds. The number of aliphatic hydroxyl groups excluding tert-OH is 1. The third-order valence-corrected chi connectivity index (χ3v) is 4.58. The summed E-state index contributed by atoms with van der Waals surface area (Å²) in [7, 11) is 0. The van der Waals surface area contributed by atoms with Crippen molar-refractivity contribution in [2.75, 3.05) is 23.3 Å². The maximum absolute atomic E-state index is 9.71. The Labute approximate surface area is 141 Å². The number of pyridine rings is 1. The summed E-state index contributed by atoms with van der Waals surface area (Å²) in [4.78, 5) is 6.98. The second kappa shape index (κ2) is 6.53. The average molecular weight is 322 g/mol. The highest BCUT2D eigenvalue weighted by molar-refractivity contribution is 5.70. The normalized spacial score (nSPS) is 15.8. The molecule has 0 aliphatic carbocycles. The van der Waals surface area contributed by atoms with E-state index < -0.39 is 0 Å². The fourth-order valence-electron chi connectivity index (χ4n) is 3.26. The minimum absolute atomic E-state index is 0.153. The summed E-state index contributed by atoms with van der Waals surface area (Å²) in [5, 5.41) is 13.2.